The van der Waals surface area contributed by atoms with Gasteiger partial charge in [-0.2, -0.15) is 12.6 Å². The Bertz CT molecular complexity index is 1290. The van der Waals surface area contributed by atoms with Crippen molar-refractivity contribution >= 4 is 66.0 Å². The molecule has 294 valence electrons. The summed E-state index contributed by atoms with van der Waals surface area (Å²) in [6.07, 6.45) is 1.62. The van der Waals surface area contributed by atoms with Gasteiger partial charge in [0, 0.05) is 18.6 Å². The van der Waals surface area contributed by atoms with Gasteiger partial charge in [-0.3, -0.25) is 38.4 Å². The average Bonchev–Trinajstić information content (AvgIpc) is 3.05. The summed E-state index contributed by atoms with van der Waals surface area (Å²) in [6.45, 7) is 3.42. The third-order valence-electron chi connectivity index (χ3n) is 8.36. The Morgan fingerprint density at radius 1 is 0.615 bits per heavy atom. The average molecular weight is 761 g/mol. The monoisotopic (exact) mass is 760 g/mol. The Morgan fingerprint density at radius 2 is 1.04 bits per heavy atom. The third-order valence-corrected chi connectivity index (χ3v) is 8.72. The zero-order chi connectivity index (χ0) is 39.5. The van der Waals surface area contributed by atoms with Crippen LogP contribution in [0.1, 0.15) is 90.9 Å². The van der Waals surface area contributed by atoms with Crippen molar-refractivity contribution in [2.45, 2.75) is 127 Å². The van der Waals surface area contributed by atoms with Crippen LogP contribution in [0.5, 0.6) is 0 Å². The van der Waals surface area contributed by atoms with E-state index < -0.39 is 122 Å². The first-order valence-corrected chi connectivity index (χ1v) is 17.7. The second kappa shape index (κ2) is 23.2. The Balaban J connectivity index is 3.31. The summed E-state index contributed by atoms with van der Waals surface area (Å²) in [5.74, 6) is -10.6. The molecule has 6 atom stereocenters. The molecule has 1 aliphatic carbocycles. The SMILES string of the molecule is CC(C)C[C@H](NC(=O)[C@H](CCC(=O)O)NC(=O)[C@@H](N)CC(=O)O)C(=O)N[C@@H](CCC(=O)O)C(=O)N[C@@H](CC1CCCCC1)C(=O)N[C@@H](CS)C(=O)O. The van der Waals surface area contributed by atoms with Crippen molar-refractivity contribution in [2.24, 2.45) is 17.6 Å². The fourth-order valence-electron chi connectivity index (χ4n) is 5.60. The van der Waals surface area contributed by atoms with Crippen molar-refractivity contribution in [3.63, 3.8) is 0 Å². The van der Waals surface area contributed by atoms with Gasteiger partial charge in [-0.25, -0.2) is 4.79 Å². The molecule has 1 saturated carbocycles. The van der Waals surface area contributed by atoms with Gasteiger partial charge in [0.25, 0.3) is 0 Å². The number of carboxylic acid groups (broad SMARTS) is 4. The van der Waals surface area contributed by atoms with E-state index in [1.165, 1.54) is 0 Å². The lowest BCUT2D eigenvalue weighted by molar-refractivity contribution is -0.142. The summed E-state index contributed by atoms with van der Waals surface area (Å²) in [5, 5.41) is 48.9. The van der Waals surface area contributed by atoms with E-state index in [0.29, 0.717) is 0 Å². The molecule has 20 heteroatoms. The molecule has 0 aromatic carbocycles. The zero-order valence-corrected chi connectivity index (χ0v) is 30.2. The number of hydrogen-bond acceptors (Lipinski definition) is 11. The number of thiol groups is 1. The molecular weight excluding hydrogens is 708 g/mol. The van der Waals surface area contributed by atoms with Crippen molar-refractivity contribution in [2.75, 3.05) is 5.75 Å². The van der Waals surface area contributed by atoms with Crippen LogP contribution >= 0.6 is 12.6 Å². The van der Waals surface area contributed by atoms with Gasteiger partial charge in [0.2, 0.25) is 29.5 Å². The quantitative estimate of drug-likeness (QED) is 0.0525. The molecular formula is C32H52N6O13S. The van der Waals surface area contributed by atoms with E-state index in [1.54, 1.807) is 13.8 Å². The maximum atomic E-state index is 13.6. The summed E-state index contributed by atoms with van der Waals surface area (Å²) >= 11 is 3.96. The van der Waals surface area contributed by atoms with Gasteiger partial charge < -0.3 is 52.7 Å². The van der Waals surface area contributed by atoms with Gasteiger partial charge in [-0.05, 0) is 37.5 Å². The number of rotatable bonds is 24. The second-order valence-electron chi connectivity index (χ2n) is 13.3. The summed E-state index contributed by atoms with van der Waals surface area (Å²) in [7, 11) is 0. The zero-order valence-electron chi connectivity index (χ0n) is 29.3. The van der Waals surface area contributed by atoms with Gasteiger partial charge >= 0.3 is 23.9 Å². The smallest absolute Gasteiger partial charge is 0.327 e. The minimum Gasteiger partial charge on any atom is -0.481 e. The Morgan fingerprint density at radius 3 is 1.48 bits per heavy atom. The van der Waals surface area contributed by atoms with E-state index in [2.05, 4.69) is 39.2 Å². The van der Waals surface area contributed by atoms with Crippen LogP contribution in [-0.2, 0) is 43.2 Å². The molecule has 11 N–H and O–H groups in total. The first-order chi connectivity index (χ1) is 24.3. The molecule has 52 heavy (non-hydrogen) atoms. The number of hydrogen-bond donors (Lipinski definition) is 11. The predicted molar refractivity (Wildman–Crippen MR) is 186 cm³/mol. The van der Waals surface area contributed by atoms with E-state index in [9.17, 15) is 53.4 Å². The normalized spacial score (nSPS) is 16.6. The first kappa shape index (κ1) is 45.6. The maximum absolute atomic E-state index is 13.6. The Kier molecular flexibility index (Phi) is 20.3. The van der Waals surface area contributed by atoms with Crippen LogP contribution in [0.25, 0.3) is 0 Å². The number of carbonyl (C=O) groups is 9. The molecule has 1 fully saturated rings. The Labute approximate surface area is 306 Å². The molecule has 0 aliphatic heterocycles. The third kappa shape index (κ3) is 17.7. The number of nitrogens with two attached hydrogens (primary N) is 1. The Hall–Kier alpha value is -4.46. The summed E-state index contributed by atoms with van der Waals surface area (Å²) in [4.78, 5) is 112. The molecule has 0 unspecified atom stereocenters. The lowest BCUT2D eigenvalue weighted by atomic mass is 9.84. The molecule has 0 bridgehead atoms. The highest BCUT2D eigenvalue weighted by molar-refractivity contribution is 7.80. The first-order valence-electron chi connectivity index (χ1n) is 17.1. The number of carbonyl (C=O) groups excluding carboxylic acids is 5. The van der Waals surface area contributed by atoms with Crippen LogP contribution in [0.15, 0.2) is 0 Å². The van der Waals surface area contributed by atoms with E-state index in [4.69, 9.17) is 15.9 Å². The van der Waals surface area contributed by atoms with Gasteiger partial charge in [0.1, 0.15) is 30.2 Å². The number of amides is 5. The van der Waals surface area contributed by atoms with E-state index in [0.717, 1.165) is 32.1 Å². The van der Waals surface area contributed by atoms with Crippen molar-refractivity contribution in [1.82, 2.24) is 26.6 Å². The van der Waals surface area contributed by atoms with Crippen molar-refractivity contribution in [3.05, 3.63) is 0 Å². The fourth-order valence-corrected chi connectivity index (χ4v) is 5.85. The molecule has 19 nitrogen and oxygen atoms in total. The maximum Gasteiger partial charge on any atom is 0.327 e. The number of carboxylic acids is 4. The number of aliphatic carboxylic acids is 4. The molecule has 0 spiro atoms. The molecule has 0 radical (unpaired) electrons. The minimum atomic E-state index is -1.57. The largest absolute Gasteiger partial charge is 0.481 e. The summed E-state index contributed by atoms with van der Waals surface area (Å²) in [6, 6.07) is -8.65. The lowest BCUT2D eigenvalue weighted by Crippen LogP contribution is -2.59. The van der Waals surface area contributed by atoms with Crippen molar-refractivity contribution in [1.29, 1.82) is 0 Å². The van der Waals surface area contributed by atoms with E-state index >= 15 is 0 Å². The molecule has 0 aromatic heterocycles. The number of nitrogens with one attached hydrogen (secondary N) is 5. The van der Waals surface area contributed by atoms with Crippen LogP contribution in [0, 0.1) is 11.8 Å². The summed E-state index contributed by atoms with van der Waals surface area (Å²) < 4.78 is 0. The molecule has 5 amide bonds. The highest BCUT2D eigenvalue weighted by Gasteiger charge is 2.34. The summed E-state index contributed by atoms with van der Waals surface area (Å²) in [5.41, 5.74) is 5.58. The van der Waals surface area contributed by atoms with Gasteiger partial charge in [0.15, 0.2) is 0 Å². The van der Waals surface area contributed by atoms with Gasteiger partial charge in [-0.1, -0.05) is 46.0 Å². The topological polar surface area (TPSA) is 321 Å². The lowest BCUT2D eigenvalue weighted by Gasteiger charge is -2.29. The highest BCUT2D eigenvalue weighted by atomic mass is 32.1. The van der Waals surface area contributed by atoms with E-state index in [1.807, 2.05) is 0 Å². The fraction of sp³-hybridized carbons (Fsp3) is 0.719. The van der Waals surface area contributed by atoms with Crippen molar-refractivity contribution < 1.29 is 63.6 Å². The molecule has 0 aromatic rings. The van der Waals surface area contributed by atoms with Crippen LogP contribution < -0.4 is 32.3 Å². The van der Waals surface area contributed by atoms with Crippen LogP contribution in [-0.4, -0.2) is 116 Å². The standard InChI is InChI=1S/C32H52N6O13S/c1-16(2)12-21(36-28(46)19(8-10-24(39)40)34-27(45)18(33)14-26(43)44)30(48)35-20(9-11-25(41)42)29(47)37-22(13-17-6-4-3-5-7-17)31(49)38-23(15-52)32(50)51/h16-23,52H,3-15,33H2,1-2H3,(H,34,45)(H,35,48)(H,36,46)(H,37,47)(H,38,49)(H,39,40)(H,41,42)(H,43,44)(H,50,51)/t18-,19-,20-,21-,22-,23-/m0/s1. The van der Waals surface area contributed by atoms with Crippen LogP contribution in [0.4, 0.5) is 0 Å². The highest BCUT2D eigenvalue weighted by Crippen LogP contribution is 2.27. The van der Waals surface area contributed by atoms with Gasteiger partial charge in [0.05, 0.1) is 12.5 Å². The van der Waals surface area contributed by atoms with Gasteiger partial charge in [-0.15, -0.1) is 0 Å². The van der Waals surface area contributed by atoms with E-state index in [-0.39, 0.29) is 30.4 Å². The molecule has 1 aliphatic rings. The molecule has 0 saturated heterocycles. The van der Waals surface area contributed by atoms with Crippen LogP contribution in [0.3, 0.4) is 0 Å². The second-order valence-corrected chi connectivity index (χ2v) is 13.6. The predicted octanol–water partition coefficient (Wildman–Crippen LogP) is -1.03. The molecule has 1 rings (SSSR count). The van der Waals surface area contributed by atoms with Crippen LogP contribution in [0.2, 0.25) is 0 Å². The minimum absolute atomic E-state index is 0.0232. The molecule has 0 heterocycles. The van der Waals surface area contributed by atoms with Crippen molar-refractivity contribution in [3.8, 4) is 0 Å².